The highest BCUT2D eigenvalue weighted by atomic mass is 127. The van der Waals surface area contributed by atoms with Gasteiger partial charge in [0.2, 0.25) is 0 Å². The van der Waals surface area contributed by atoms with E-state index in [9.17, 15) is 9.59 Å². The van der Waals surface area contributed by atoms with E-state index in [1.54, 1.807) is 30.3 Å². The maximum atomic E-state index is 12.5. The maximum absolute atomic E-state index is 12.5. The Balaban J connectivity index is 1.38. The van der Waals surface area contributed by atoms with Gasteiger partial charge in [0.15, 0.2) is 23.9 Å². The summed E-state index contributed by atoms with van der Waals surface area (Å²) in [5.41, 5.74) is 5.50. The van der Waals surface area contributed by atoms with Crippen LogP contribution in [0.4, 0.5) is 5.69 Å². The van der Waals surface area contributed by atoms with E-state index in [0.717, 1.165) is 10.9 Å². The molecule has 4 aromatic rings. The van der Waals surface area contributed by atoms with Gasteiger partial charge in [-0.15, -0.1) is 0 Å². The van der Waals surface area contributed by atoms with Gasteiger partial charge in [-0.25, -0.2) is 5.43 Å². The minimum absolute atomic E-state index is 0.130. The number of methoxy groups -OCH3 is 1. The lowest BCUT2D eigenvalue weighted by atomic mass is 10.2. The molecule has 196 valence electrons. The maximum Gasteiger partial charge on any atom is 0.307 e. The standard InChI is InChI=1S/C28H26IN3O6/c1-4-36-21-9-10-23-19(13-21)14-25(38-23)28(34)32-30-15-18-11-22(29)27(24(12-18)35-3)37-16-26(33)31-20-7-5-17(2)6-8-20/h5-15H,4,16H2,1-3H3,(H,31,33)(H,32,34)/b30-15+. The molecule has 0 bridgehead atoms. The minimum Gasteiger partial charge on any atom is -0.494 e. The van der Waals surface area contributed by atoms with Crippen LogP contribution in [0.5, 0.6) is 17.2 Å². The molecule has 0 spiro atoms. The number of fused-ring (bicyclic) bond motifs is 1. The van der Waals surface area contributed by atoms with Crippen molar-refractivity contribution < 1.29 is 28.2 Å². The van der Waals surface area contributed by atoms with Crippen molar-refractivity contribution in [2.24, 2.45) is 5.10 Å². The quantitative estimate of drug-likeness (QED) is 0.136. The second-order valence-electron chi connectivity index (χ2n) is 8.18. The Morgan fingerprint density at radius 3 is 2.58 bits per heavy atom. The van der Waals surface area contributed by atoms with E-state index in [0.29, 0.717) is 44.3 Å². The number of carbonyl (C=O) groups excluding carboxylic acids is 2. The van der Waals surface area contributed by atoms with E-state index >= 15 is 0 Å². The van der Waals surface area contributed by atoms with Crippen molar-refractivity contribution in [3.8, 4) is 17.2 Å². The third-order valence-electron chi connectivity index (χ3n) is 5.34. The highest BCUT2D eigenvalue weighted by Gasteiger charge is 2.15. The first-order valence-corrected chi connectivity index (χ1v) is 12.8. The predicted octanol–water partition coefficient (Wildman–Crippen LogP) is 5.53. The van der Waals surface area contributed by atoms with Gasteiger partial charge >= 0.3 is 5.91 Å². The second kappa shape index (κ2) is 12.5. The second-order valence-corrected chi connectivity index (χ2v) is 9.34. The van der Waals surface area contributed by atoms with E-state index in [-0.39, 0.29) is 18.3 Å². The average Bonchev–Trinajstić information content (AvgIpc) is 3.33. The number of anilines is 1. The van der Waals surface area contributed by atoms with Crippen LogP contribution in [-0.2, 0) is 4.79 Å². The number of nitrogens with one attached hydrogen (secondary N) is 2. The smallest absolute Gasteiger partial charge is 0.307 e. The molecule has 0 saturated heterocycles. The zero-order valence-corrected chi connectivity index (χ0v) is 23.2. The van der Waals surface area contributed by atoms with E-state index < -0.39 is 5.91 Å². The van der Waals surface area contributed by atoms with Gasteiger partial charge in [0.1, 0.15) is 11.3 Å². The molecule has 0 unspecified atom stereocenters. The Morgan fingerprint density at radius 1 is 1.05 bits per heavy atom. The van der Waals surface area contributed by atoms with Crippen LogP contribution in [0.25, 0.3) is 11.0 Å². The Kier molecular flexibility index (Phi) is 8.85. The lowest BCUT2D eigenvalue weighted by Gasteiger charge is -2.13. The molecule has 0 atom stereocenters. The molecule has 2 N–H and O–H groups in total. The van der Waals surface area contributed by atoms with Gasteiger partial charge in [-0.2, -0.15) is 5.10 Å². The van der Waals surface area contributed by atoms with Crippen LogP contribution in [0.1, 0.15) is 28.6 Å². The molecule has 9 nitrogen and oxygen atoms in total. The lowest BCUT2D eigenvalue weighted by molar-refractivity contribution is -0.118. The number of hydrogen-bond acceptors (Lipinski definition) is 7. The van der Waals surface area contributed by atoms with Crippen molar-refractivity contribution >= 4 is 57.3 Å². The van der Waals surface area contributed by atoms with E-state index in [2.05, 4.69) is 38.4 Å². The molecule has 1 aromatic heterocycles. The molecule has 0 aliphatic rings. The number of aryl methyl sites for hydroxylation is 1. The van der Waals surface area contributed by atoms with Crippen LogP contribution in [0.15, 0.2) is 70.2 Å². The number of furan rings is 1. The number of ether oxygens (including phenoxy) is 3. The number of carbonyl (C=O) groups is 2. The van der Waals surface area contributed by atoms with Gasteiger partial charge in [-0.05, 0) is 90.5 Å². The Morgan fingerprint density at radius 2 is 1.84 bits per heavy atom. The van der Waals surface area contributed by atoms with Crippen molar-refractivity contribution in [3.63, 3.8) is 0 Å². The summed E-state index contributed by atoms with van der Waals surface area (Å²) in [4.78, 5) is 24.8. The third-order valence-corrected chi connectivity index (χ3v) is 6.14. The summed E-state index contributed by atoms with van der Waals surface area (Å²) in [6, 6.07) is 18.0. The van der Waals surface area contributed by atoms with Gasteiger partial charge in [0, 0.05) is 11.1 Å². The summed E-state index contributed by atoms with van der Waals surface area (Å²) in [5.74, 6) is 0.910. The van der Waals surface area contributed by atoms with Crippen LogP contribution in [0.3, 0.4) is 0 Å². The van der Waals surface area contributed by atoms with Gasteiger partial charge < -0.3 is 23.9 Å². The van der Waals surface area contributed by atoms with Gasteiger partial charge in [-0.3, -0.25) is 9.59 Å². The molecule has 10 heteroatoms. The van der Waals surface area contributed by atoms with Crippen molar-refractivity contribution in [2.45, 2.75) is 13.8 Å². The largest absolute Gasteiger partial charge is 0.494 e. The number of amides is 2. The number of benzene rings is 3. The zero-order valence-electron chi connectivity index (χ0n) is 21.0. The molecule has 4 rings (SSSR count). The molecule has 1 heterocycles. The normalized spacial score (nSPS) is 10.9. The topological polar surface area (TPSA) is 111 Å². The van der Waals surface area contributed by atoms with Gasteiger partial charge in [0.05, 0.1) is 23.5 Å². The number of hydrogen-bond donors (Lipinski definition) is 2. The molecule has 0 aliphatic heterocycles. The molecule has 3 aromatic carbocycles. The Labute approximate surface area is 233 Å². The van der Waals surface area contributed by atoms with Crippen LogP contribution in [0.2, 0.25) is 0 Å². The van der Waals surface area contributed by atoms with E-state index in [4.69, 9.17) is 18.6 Å². The minimum atomic E-state index is -0.489. The fourth-order valence-corrected chi connectivity index (χ4v) is 4.32. The molecule has 38 heavy (non-hydrogen) atoms. The van der Waals surface area contributed by atoms with Gasteiger partial charge in [-0.1, -0.05) is 17.7 Å². The Hall–Kier alpha value is -4.06. The average molecular weight is 627 g/mol. The Bertz CT molecular complexity index is 1480. The first kappa shape index (κ1) is 27.0. The number of rotatable bonds is 10. The van der Waals surface area contributed by atoms with Gasteiger partial charge in [0.25, 0.3) is 5.91 Å². The highest BCUT2D eigenvalue weighted by molar-refractivity contribution is 14.1. The van der Waals surface area contributed by atoms with E-state index in [1.165, 1.54) is 13.3 Å². The first-order chi connectivity index (χ1) is 18.4. The van der Waals surface area contributed by atoms with Crippen LogP contribution < -0.4 is 25.0 Å². The number of nitrogens with zero attached hydrogens (tertiary/aromatic N) is 1. The molecule has 2 amide bonds. The molecule has 0 aliphatic carbocycles. The summed E-state index contributed by atoms with van der Waals surface area (Å²) >= 11 is 2.09. The van der Waals surface area contributed by atoms with Crippen LogP contribution in [-0.4, -0.2) is 38.4 Å². The molecule has 0 fully saturated rings. The summed E-state index contributed by atoms with van der Waals surface area (Å²) in [7, 11) is 1.51. The lowest BCUT2D eigenvalue weighted by Crippen LogP contribution is -2.20. The SMILES string of the molecule is CCOc1ccc2oc(C(=O)N/N=C/c3cc(I)c(OCC(=O)Nc4ccc(C)cc4)c(OC)c3)cc2c1. The summed E-state index contributed by atoms with van der Waals surface area (Å²) in [5, 5.41) is 7.59. The first-order valence-electron chi connectivity index (χ1n) is 11.7. The van der Waals surface area contributed by atoms with Crippen LogP contribution >= 0.6 is 22.6 Å². The third kappa shape index (κ3) is 6.82. The number of hydrazone groups is 1. The zero-order chi connectivity index (χ0) is 27.1. The molecule has 0 saturated carbocycles. The molecular weight excluding hydrogens is 601 g/mol. The fraction of sp³-hybridized carbons (Fsp3) is 0.179. The summed E-state index contributed by atoms with van der Waals surface area (Å²) in [6.07, 6.45) is 1.48. The monoisotopic (exact) mass is 627 g/mol. The van der Waals surface area contributed by atoms with Crippen molar-refractivity contribution in [3.05, 3.63) is 81.1 Å². The molecular formula is C28H26IN3O6. The fourth-order valence-electron chi connectivity index (χ4n) is 3.54. The number of halogens is 1. The highest BCUT2D eigenvalue weighted by Crippen LogP contribution is 2.33. The van der Waals surface area contributed by atoms with Crippen LogP contribution in [0, 0.1) is 10.5 Å². The molecule has 0 radical (unpaired) electrons. The van der Waals surface area contributed by atoms with Crippen molar-refractivity contribution in [1.29, 1.82) is 0 Å². The summed E-state index contributed by atoms with van der Waals surface area (Å²) < 4.78 is 23.0. The predicted molar refractivity (Wildman–Crippen MR) is 153 cm³/mol. The summed E-state index contributed by atoms with van der Waals surface area (Å²) in [6.45, 7) is 4.24. The van der Waals surface area contributed by atoms with Crippen molar-refractivity contribution in [1.82, 2.24) is 5.43 Å². The van der Waals surface area contributed by atoms with E-state index in [1.807, 2.05) is 44.2 Å². The van der Waals surface area contributed by atoms with Crippen molar-refractivity contribution in [2.75, 3.05) is 25.6 Å².